The van der Waals surface area contributed by atoms with Gasteiger partial charge >= 0.3 is 0 Å². The maximum absolute atomic E-state index is 12.3. The fraction of sp³-hybridized carbons (Fsp3) is 0.421. The molecule has 1 atom stereocenters. The molecule has 0 saturated heterocycles. The van der Waals surface area contributed by atoms with Crippen molar-refractivity contribution in [3.63, 3.8) is 0 Å². The van der Waals surface area contributed by atoms with Crippen LogP contribution in [0.5, 0.6) is 0 Å². The van der Waals surface area contributed by atoms with Crippen LogP contribution in [0.25, 0.3) is 0 Å². The number of halogens is 1. The molecule has 2 N–H and O–H groups in total. The standard InChI is InChI=1S/C19H27N5OS.HI/c1-15(16-8-11-26-14-16)12-22-19(20-2)23-13-18(25)24(3)10-7-17-6-4-5-9-21-17;/h4-6,8-9,11,14-15H,7,10,12-13H2,1-3H3,(H2,20,22,23);1H. The summed E-state index contributed by atoms with van der Waals surface area (Å²) >= 11 is 1.70. The number of thiophene rings is 1. The van der Waals surface area contributed by atoms with E-state index in [1.54, 1.807) is 29.5 Å². The fourth-order valence-corrected chi connectivity index (χ4v) is 3.17. The molecule has 2 rings (SSSR count). The molecule has 6 nitrogen and oxygen atoms in total. The molecular weight excluding hydrogens is 473 g/mol. The first-order valence-corrected chi connectivity index (χ1v) is 9.65. The van der Waals surface area contributed by atoms with E-state index in [1.165, 1.54) is 5.56 Å². The molecule has 2 heterocycles. The number of guanidine groups is 1. The van der Waals surface area contributed by atoms with E-state index in [4.69, 9.17) is 0 Å². The molecular formula is C19H28IN5OS. The number of nitrogens with one attached hydrogen (secondary N) is 2. The van der Waals surface area contributed by atoms with Gasteiger partial charge in [0.2, 0.25) is 5.91 Å². The number of amides is 1. The second kappa shape index (κ2) is 12.7. The minimum atomic E-state index is 0. The van der Waals surface area contributed by atoms with Crippen LogP contribution in [0, 0.1) is 0 Å². The van der Waals surface area contributed by atoms with E-state index < -0.39 is 0 Å². The van der Waals surface area contributed by atoms with Gasteiger partial charge in [0.05, 0.1) is 6.54 Å². The normalized spacial score (nSPS) is 12.0. The van der Waals surface area contributed by atoms with E-state index in [1.807, 2.05) is 25.2 Å². The molecule has 0 fully saturated rings. The van der Waals surface area contributed by atoms with Gasteiger partial charge in [0.15, 0.2) is 5.96 Å². The van der Waals surface area contributed by atoms with Crippen LogP contribution in [0.4, 0.5) is 0 Å². The summed E-state index contributed by atoms with van der Waals surface area (Å²) in [5.41, 5.74) is 2.29. The highest BCUT2D eigenvalue weighted by Crippen LogP contribution is 2.16. The topological polar surface area (TPSA) is 69.6 Å². The van der Waals surface area contributed by atoms with Gasteiger partial charge in [-0.2, -0.15) is 11.3 Å². The van der Waals surface area contributed by atoms with Gasteiger partial charge in [0, 0.05) is 45.5 Å². The summed E-state index contributed by atoms with van der Waals surface area (Å²) in [5.74, 6) is 1.05. The molecule has 0 radical (unpaired) electrons. The zero-order valence-electron chi connectivity index (χ0n) is 16.0. The number of pyridine rings is 1. The van der Waals surface area contributed by atoms with E-state index in [2.05, 4.69) is 44.4 Å². The van der Waals surface area contributed by atoms with Gasteiger partial charge in [-0.15, -0.1) is 24.0 Å². The van der Waals surface area contributed by atoms with Crippen LogP contribution >= 0.6 is 35.3 Å². The number of rotatable bonds is 8. The number of likely N-dealkylation sites (N-methyl/N-ethyl adjacent to an activating group) is 1. The highest BCUT2D eigenvalue weighted by Gasteiger charge is 2.11. The van der Waals surface area contributed by atoms with Crippen LogP contribution in [0.2, 0.25) is 0 Å². The van der Waals surface area contributed by atoms with Crippen molar-refractivity contribution in [3.8, 4) is 0 Å². The Morgan fingerprint density at radius 2 is 2.15 bits per heavy atom. The van der Waals surface area contributed by atoms with Crippen molar-refractivity contribution in [3.05, 3.63) is 52.5 Å². The summed E-state index contributed by atoms with van der Waals surface area (Å²) in [6.45, 7) is 3.78. The van der Waals surface area contributed by atoms with Gasteiger partial charge in [-0.05, 0) is 40.4 Å². The van der Waals surface area contributed by atoms with Gasteiger partial charge in [-0.3, -0.25) is 14.8 Å². The third-order valence-electron chi connectivity index (χ3n) is 4.17. The Morgan fingerprint density at radius 3 is 2.78 bits per heavy atom. The maximum atomic E-state index is 12.3. The number of carbonyl (C=O) groups excluding carboxylic acids is 1. The summed E-state index contributed by atoms with van der Waals surface area (Å²) in [7, 11) is 3.52. The predicted octanol–water partition coefficient (Wildman–Crippen LogP) is 2.73. The van der Waals surface area contributed by atoms with Crippen LogP contribution in [0.3, 0.4) is 0 Å². The monoisotopic (exact) mass is 501 g/mol. The lowest BCUT2D eigenvalue weighted by Gasteiger charge is -2.19. The minimum absolute atomic E-state index is 0. The molecule has 1 unspecified atom stereocenters. The number of aromatic nitrogens is 1. The minimum Gasteiger partial charge on any atom is -0.356 e. The molecule has 0 aromatic carbocycles. The van der Waals surface area contributed by atoms with Crippen molar-refractivity contribution >= 4 is 47.2 Å². The van der Waals surface area contributed by atoms with Crippen molar-refractivity contribution in [1.82, 2.24) is 20.5 Å². The zero-order chi connectivity index (χ0) is 18.8. The Labute approximate surface area is 182 Å². The van der Waals surface area contributed by atoms with E-state index in [-0.39, 0.29) is 36.4 Å². The maximum Gasteiger partial charge on any atom is 0.241 e. The molecule has 0 bridgehead atoms. The van der Waals surface area contributed by atoms with E-state index >= 15 is 0 Å². The molecule has 2 aromatic rings. The van der Waals surface area contributed by atoms with Gasteiger partial charge in [-0.25, -0.2) is 0 Å². The second-order valence-electron chi connectivity index (χ2n) is 6.15. The lowest BCUT2D eigenvalue weighted by atomic mass is 10.1. The lowest BCUT2D eigenvalue weighted by molar-refractivity contribution is -0.128. The number of hydrogen-bond donors (Lipinski definition) is 2. The molecule has 0 aliphatic carbocycles. The first-order valence-electron chi connectivity index (χ1n) is 8.70. The van der Waals surface area contributed by atoms with Crippen LogP contribution in [0.15, 0.2) is 46.2 Å². The Morgan fingerprint density at radius 1 is 1.33 bits per heavy atom. The van der Waals surface area contributed by atoms with Crippen molar-refractivity contribution in [1.29, 1.82) is 0 Å². The van der Waals surface area contributed by atoms with Crippen LogP contribution in [-0.2, 0) is 11.2 Å². The molecule has 0 aliphatic rings. The quantitative estimate of drug-likeness (QED) is 0.332. The van der Waals surface area contributed by atoms with Gasteiger partial charge in [0.25, 0.3) is 0 Å². The predicted molar refractivity (Wildman–Crippen MR) is 123 cm³/mol. The highest BCUT2D eigenvalue weighted by atomic mass is 127. The van der Waals surface area contributed by atoms with E-state index in [0.29, 0.717) is 18.4 Å². The van der Waals surface area contributed by atoms with Crippen molar-refractivity contribution < 1.29 is 4.79 Å². The first-order chi connectivity index (χ1) is 12.6. The largest absolute Gasteiger partial charge is 0.356 e. The third kappa shape index (κ3) is 8.25. The Kier molecular flexibility index (Phi) is 11.0. The van der Waals surface area contributed by atoms with Gasteiger partial charge < -0.3 is 15.5 Å². The molecule has 27 heavy (non-hydrogen) atoms. The summed E-state index contributed by atoms with van der Waals surface area (Å²) in [6.07, 6.45) is 2.51. The van der Waals surface area contributed by atoms with Gasteiger partial charge in [0.1, 0.15) is 0 Å². The average molecular weight is 501 g/mol. The van der Waals surface area contributed by atoms with Crippen LogP contribution < -0.4 is 10.6 Å². The van der Waals surface area contributed by atoms with Gasteiger partial charge in [-0.1, -0.05) is 13.0 Å². The Balaban J connectivity index is 0.00000364. The third-order valence-corrected chi connectivity index (χ3v) is 4.88. The second-order valence-corrected chi connectivity index (χ2v) is 6.93. The summed E-state index contributed by atoms with van der Waals surface area (Å²) in [4.78, 5) is 22.4. The number of aliphatic imine (C=N–C) groups is 1. The number of hydrogen-bond acceptors (Lipinski definition) is 4. The molecule has 0 saturated carbocycles. The first kappa shape index (κ1) is 23.4. The molecule has 2 aromatic heterocycles. The van der Waals surface area contributed by atoms with Crippen LogP contribution in [-0.4, -0.2) is 55.5 Å². The molecule has 1 amide bonds. The average Bonchev–Trinajstić information content (AvgIpc) is 3.21. The summed E-state index contributed by atoms with van der Waals surface area (Å²) in [5, 5.41) is 10.6. The lowest BCUT2D eigenvalue weighted by Crippen LogP contribution is -2.44. The smallest absolute Gasteiger partial charge is 0.241 e. The van der Waals surface area contributed by atoms with E-state index in [0.717, 1.165) is 18.7 Å². The summed E-state index contributed by atoms with van der Waals surface area (Å²) < 4.78 is 0. The zero-order valence-corrected chi connectivity index (χ0v) is 19.2. The van der Waals surface area contributed by atoms with E-state index in [9.17, 15) is 4.79 Å². The SMILES string of the molecule is CN=C(NCC(=O)N(C)CCc1ccccn1)NCC(C)c1ccsc1.I. The molecule has 148 valence electrons. The molecule has 0 aliphatic heterocycles. The van der Waals surface area contributed by atoms with Crippen LogP contribution in [0.1, 0.15) is 24.1 Å². The Hall–Kier alpha value is -1.68. The van der Waals surface area contributed by atoms with Crippen molar-refractivity contribution in [2.24, 2.45) is 4.99 Å². The van der Waals surface area contributed by atoms with Crippen molar-refractivity contribution in [2.45, 2.75) is 19.3 Å². The summed E-state index contributed by atoms with van der Waals surface area (Å²) in [6, 6.07) is 7.95. The fourth-order valence-electron chi connectivity index (χ4n) is 2.39. The molecule has 8 heteroatoms. The molecule has 0 spiro atoms. The number of carbonyl (C=O) groups is 1. The Bertz CT molecular complexity index is 693. The highest BCUT2D eigenvalue weighted by molar-refractivity contribution is 14.0. The van der Waals surface area contributed by atoms with Crippen molar-refractivity contribution in [2.75, 3.05) is 33.7 Å². The number of nitrogens with zero attached hydrogens (tertiary/aromatic N) is 3.